The smallest absolute Gasteiger partial charge is 0.321 e. The molecule has 0 radical (unpaired) electrons. The summed E-state index contributed by atoms with van der Waals surface area (Å²) in [6.07, 6.45) is 1.30. The molecule has 1 aliphatic heterocycles. The van der Waals surface area contributed by atoms with Gasteiger partial charge in [-0.2, -0.15) is 0 Å². The number of nitrogens with one attached hydrogen (secondary N) is 1. The largest absolute Gasteiger partial charge is 0.481 e. The van der Waals surface area contributed by atoms with Gasteiger partial charge in [-0.25, -0.2) is 4.79 Å². The molecule has 1 aromatic carbocycles. The Bertz CT molecular complexity index is 505. The summed E-state index contributed by atoms with van der Waals surface area (Å²) in [5.41, 5.74) is 1.94. The molecule has 19 heavy (non-hydrogen) atoms. The number of fused-ring (bicyclic) bond motifs is 1. The van der Waals surface area contributed by atoms with Gasteiger partial charge in [-0.1, -0.05) is 17.7 Å². The van der Waals surface area contributed by atoms with Gasteiger partial charge in [-0.05, 0) is 30.5 Å². The van der Waals surface area contributed by atoms with Crippen LogP contribution in [0.25, 0.3) is 0 Å². The van der Waals surface area contributed by atoms with E-state index in [0.717, 1.165) is 17.7 Å². The SMILES string of the molecule is O=C(O)CCCNC(=O)N1CCc2ccc(Cl)cc21. The number of aliphatic carboxylic acids is 1. The number of anilines is 1. The lowest BCUT2D eigenvalue weighted by Crippen LogP contribution is -2.39. The Morgan fingerprint density at radius 3 is 2.95 bits per heavy atom. The molecule has 1 heterocycles. The predicted octanol–water partition coefficient (Wildman–Crippen LogP) is 2.28. The molecule has 0 fully saturated rings. The van der Waals surface area contributed by atoms with Gasteiger partial charge in [0, 0.05) is 24.5 Å². The van der Waals surface area contributed by atoms with Crippen LogP contribution in [-0.2, 0) is 11.2 Å². The lowest BCUT2D eigenvalue weighted by atomic mass is 10.2. The maximum atomic E-state index is 12.0. The van der Waals surface area contributed by atoms with Crippen LogP contribution in [0.4, 0.5) is 10.5 Å². The third-order valence-corrected chi connectivity index (χ3v) is 3.27. The molecule has 5 nitrogen and oxygen atoms in total. The van der Waals surface area contributed by atoms with E-state index in [2.05, 4.69) is 5.32 Å². The fourth-order valence-corrected chi connectivity index (χ4v) is 2.26. The van der Waals surface area contributed by atoms with Crippen molar-refractivity contribution < 1.29 is 14.7 Å². The van der Waals surface area contributed by atoms with Crippen molar-refractivity contribution in [3.8, 4) is 0 Å². The van der Waals surface area contributed by atoms with Gasteiger partial charge in [0.25, 0.3) is 0 Å². The molecule has 6 heteroatoms. The molecule has 0 aliphatic carbocycles. The summed E-state index contributed by atoms with van der Waals surface area (Å²) in [5, 5.41) is 11.8. The summed E-state index contributed by atoms with van der Waals surface area (Å²) in [4.78, 5) is 24.0. The standard InChI is InChI=1S/C13H15ClN2O3/c14-10-4-3-9-5-7-16(11(9)8-10)13(19)15-6-1-2-12(17)18/h3-4,8H,1-2,5-7H2,(H,15,19)(H,17,18). The zero-order chi connectivity index (χ0) is 13.8. The molecule has 1 aliphatic rings. The lowest BCUT2D eigenvalue weighted by molar-refractivity contribution is -0.137. The van der Waals surface area contributed by atoms with Crippen molar-refractivity contribution in [2.24, 2.45) is 0 Å². The Morgan fingerprint density at radius 1 is 1.42 bits per heavy atom. The van der Waals surface area contributed by atoms with Crippen LogP contribution in [-0.4, -0.2) is 30.2 Å². The first kappa shape index (κ1) is 13.7. The third kappa shape index (κ3) is 3.38. The van der Waals surface area contributed by atoms with Gasteiger partial charge in [-0.15, -0.1) is 0 Å². The van der Waals surface area contributed by atoms with Crippen molar-refractivity contribution in [3.63, 3.8) is 0 Å². The van der Waals surface area contributed by atoms with Gasteiger partial charge < -0.3 is 10.4 Å². The Hall–Kier alpha value is -1.75. The van der Waals surface area contributed by atoms with Gasteiger partial charge in [0.2, 0.25) is 0 Å². The summed E-state index contributed by atoms with van der Waals surface area (Å²) in [6, 6.07) is 5.32. The molecule has 0 aromatic heterocycles. The number of nitrogens with zero attached hydrogens (tertiary/aromatic N) is 1. The number of carbonyl (C=O) groups is 2. The fourth-order valence-electron chi connectivity index (χ4n) is 2.09. The van der Waals surface area contributed by atoms with E-state index >= 15 is 0 Å². The van der Waals surface area contributed by atoms with Gasteiger partial charge in [-0.3, -0.25) is 9.69 Å². The van der Waals surface area contributed by atoms with Crippen molar-refractivity contribution in [2.45, 2.75) is 19.3 Å². The summed E-state index contributed by atoms with van der Waals surface area (Å²) in [5.74, 6) is -0.854. The minimum Gasteiger partial charge on any atom is -0.481 e. The molecule has 0 saturated carbocycles. The Kier molecular flexibility index (Phi) is 4.27. The highest BCUT2D eigenvalue weighted by atomic mass is 35.5. The fraction of sp³-hybridized carbons (Fsp3) is 0.385. The zero-order valence-corrected chi connectivity index (χ0v) is 11.1. The number of hydrogen-bond donors (Lipinski definition) is 2. The van der Waals surface area contributed by atoms with Gasteiger partial charge in [0.05, 0.1) is 5.69 Å². The summed E-state index contributed by atoms with van der Waals surface area (Å²) in [6.45, 7) is 0.984. The molecule has 0 atom stereocenters. The second-order valence-corrected chi connectivity index (χ2v) is 4.84. The van der Waals surface area contributed by atoms with Crippen LogP contribution < -0.4 is 10.2 Å². The van der Waals surface area contributed by atoms with Crippen LogP contribution in [0.5, 0.6) is 0 Å². The highest BCUT2D eigenvalue weighted by molar-refractivity contribution is 6.31. The maximum absolute atomic E-state index is 12.0. The average Bonchev–Trinajstić information content (AvgIpc) is 2.77. The number of hydrogen-bond acceptors (Lipinski definition) is 2. The van der Waals surface area contributed by atoms with Crippen molar-refractivity contribution in [1.29, 1.82) is 0 Å². The van der Waals surface area contributed by atoms with Crippen LogP contribution >= 0.6 is 11.6 Å². The first-order valence-corrected chi connectivity index (χ1v) is 6.51. The van der Waals surface area contributed by atoms with E-state index < -0.39 is 5.97 Å². The number of halogens is 1. The second kappa shape index (κ2) is 5.93. The van der Waals surface area contributed by atoms with E-state index in [-0.39, 0.29) is 12.5 Å². The minimum atomic E-state index is -0.854. The molecule has 102 valence electrons. The van der Waals surface area contributed by atoms with Crippen LogP contribution in [0.1, 0.15) is 18.4 Å². The van der Waals surface area contributed by atoms with Crippen LogP contribution in [0, 0.1) is 0 Å². The molecular formula is C13H15ClN2O3. The number of benzene rings is 1. The molecule has 2 N–H and O–H groups in total. The molecule has 0 saturated heterocycles. The number of rotatable bonds is 4. The molecule has 0 spiro atoms. The number of carboxylic acid groups (broad SMARTS) is 1. The summed E-state index contributed by atoms with van der Waals surface area (Å²) < 4.78 is 0. The van der Waals surface area contributed by atoms with Crippen molar-refractivity contribution >= 4 is 29.3 Å². The quantitative estimate of drug-likeness (QED) is 0.833. The first-order chi connectivity index (χ1) is 9.08. The van der Waals surface area contributed by atoms with E-state index in [0.29, 0.717) is 24.5 Å². The van der Waals surface area contributed by atoms with Crippen LogP contribution in [0.15, 0.2) is 18.2 Å². The molecule has 2 amide bonds. The van der Waals surface area contributed by atoms with Crippen LogP contribution in [0.3, 0.4) is 0 Å². The molecule has 1 aromatic rings. The Balaban J connectivity index is 1.92. The highest BCUT2D eigenvalue weighted by Gasteiger charge is 2.24. The number of carboxylic acids is 1. The third-order valence-electron chi connectivity index (χ3n) is 3.03. The van der Waals surface area contributed by atoms with Crippen molar-refractivity contribution in [3.05, 3.63) is 28.8 Å². The van der Waals surface area contributed by atoms with E-state index in [4.69, 9.17) is 16.7 Å². The predicted molar refractivity (Wildman–Crippen MR) is 72.8 cm³/mol. The minimum absolute atomic E-state index is 0.0582. The van der Waals surface area contributed by atoms with Gasteiger partial charge in [0.1, 0.15) is 0 Å². The Morgan fingerprint density at radius 2 is 2.21 bits per heavy atom. The van der Waals surface area contributed by atoms with Crippen LogP contribution in [0.2, 0.25) is 5.02 Å². The van der Waals surface area contributed by atoms with E-state index in [9.17, 15) is 9.59 Å². The topological polar surface area (TPSA) is 69.6 Å². The van der Waals surface area contributed by atoms with Crippen molar-refractivity contribution in [1.82, 2.24) is 5.32 Å². The Labute approximate surface area is 116 Å². The van der Waals surface area contributed by atoms with Crippen molar-refractivity contribution in [2.75, 3.05) is 18.0 Å². The average molecular weight is 283 g/mol. The van der Waals surface area contributed by atoms with E-state index in [1.54, 1.807) is 11.0 Å². The maximum Gasteiger partial charge on any atom is 0.321 e. The number of amides is 2. The second-order valence-electron chi connectivity index (χ2n) is 4.40. The molecule has 0 unspecified atom stereocenters. The normalized spacial score (nSPS) is 13.2. The highest BCUT2D eigenvalue weighted by Crippen LogP contribution is 2.30. The monoisotopic (exact) mass is 282 g/mol. The van der Waals surface area contributed by atoms with Gasteiger partial charge >= 0.3 is 12.0 Å². The molecule has 2 rings (SSSR count). The zero-order valence-electron chi connectivity index (χ0n) is 10.4. The van der Waals surface area contributed by atoms with E-state index in [1.807, 2.05) is 12.1 Å². The number of urea groups is 1. The lowest BCUT2D eigenvalue weighted by Gasteiger charge is -2.18. The van der Waals surface area contributed by atoms with E-state index in [1.165, 1.54) is 0 Å². The molecular weight excluding hydrogens is 268 g/mol. The first-order valence-electron chi connectivity index (χ1n) is 6.13. The van der Waals surface area contributed by atoms with Gasteiger partial charge in [0.15, 0.2) is 0 Å². The summed E-state index contributed by atoms with van der Waals surface area (Å²) in [7, 11) is 0. The summed E-state index contributed by atoms with van der Waals surface area (Å²) >= 11 is 5.93. The number of carbonyl (C=O) groups excluding carboxylic acids is 1. The molecule has 0 bridgehead atoms.